The number of hydrogen-bond donors (Lipinski definition) is 0. The first kappa shape index (κ1) is 28.4. The topological polar surface area (TPSA) is 26.3 Å². The third kappa shape index (κ3) is 6.85. The van der Waals surface area contributed by atoms with E-state index in [1.54, 1.807) is 0 Å². The van der Waals surface area contributed by atoms with Gasteiger partial charge in [-0.15, -0.1) is 12.3 Å². The summed E-state index contributed by atoms with van der Waals surface area (Å²) in [6, 6.07) is 0. The van der Waals surface area contributed by atoms with Gasteiger partial charge in [0.1, 0.15) is 5.78 Å². The standard InChI is InChI=1S/C30H52O2Si/c1-11-13-24(15-12-14-22(2)3)20-25-18-19-30(8)26(16-17-27(30)28(25)31)23(4)21-32-33(9,10)29(5,6)7/h1,12,14,22-27H,13,15-21H2,2-10H3/b14-12+/t23-,24?,25+,26-,27?,30-/m1/s1. The van der Waals surface area contributed by atoms with Gasteiger partial charge in [-0.2, -0.15) is 0 Å². The Hall–Kier alpha value is -0.853. The zero-order chi connectivity index (χ0) is 25.0. The third-order valence-corrected chi connectivity index (χ3v) is 13.9. The van der Waals surface area contributed by atoms with E-state index < -0.39 is 8.32 Å². The van der Waals surface area contributed by atoms with E-state index in [-0.39, 0.29) is 22.3 Å². The maximum absolute atomic E-state index is 13.7. The minimum Gasteiger partial charge on any atom is -0.417 e. The van der Waals surface area contributed by atoms with Crippen molar-refractivity contribution in [2.45, 2.75) is 112 Å². The molecule has 0 aromatic rings. The number of terminal acetylenes is 1. The Balaban J connectivity index is 2.02. The lowest BCUT2D eigenvalue weighted by atomic mass is 9.59. The quantitative estimate of drug-likeness (QED) is 0.182. The van der Waals surface area contributed by atoms with Crippen LogP contribution in [-0.4, -0.2) is 20.7 Å². The molecular weight excluding hydrogens is 420 g/mol. The summed E-state index contributed by atoms with van der Waals surface area (Å²) in [5.74, 6) is 5.93. The molecule has 2 saturated carbocycles. The van der Waals surface area contributed by atoms with Gasteiger partial charge >= 0.3 is 0 Å². The molecule has 2 unspecified atom stereocenters. The SMILES string of the molecule is C#CCC(C/C=C/C(C)C)C[C@@H]1CC[C@@]2(C)C(CC[C@@H]2[C@H](C)CO[Si](C)(C)C(C)(C)C)C1=O. The predicted octanol–water partition coefficient (Wildman–Crippen LogP) is 8.29. The molecule has 2 fully saturated rings. The van der Waals surface area contributed by atoms with Crippen LogP contribution in [0.15, 0.2) is 12.2 Å². The molecule has 188 valence electrons. The second-order valence-corrected chi connectivity index (χ2v) is 18.2. The monoisotopic (exact) mass is 472 g/mol. The summed E-state index contributed by atoms with van der Waals surface area (Å²) in [7, 11) is -1.74. The van der Waals surface area contributed by atoms with Crippen LogP contribution in [0.2, 0.25) is 18.1 Å². The van der Waals surface area contributed by atoms with E-state index in [1.165, 1.54) is 12.8 Å². The van der Waals surface area contributed by atoms with Crippen LogP contribution in [0.3, 0.4) is 0 Å². The van der Waals surface area contributed by atoms with E-state index in [2.05, 4.69) is 79.6 Å². The van der Waals surface area contributed by atoms with Gasteiger partial charge in [-0.05, 0) is 85.7 Å². The van der Waals surface area contributed by atoms with E-state index in [0.717, 1.165) is 38.7 Å². The van der Waals surface area contributed by atoms with Crippen molar-refractivity contribution in [3.8, 4) is 12.3 Å². The number of fused-ring (bicyclic) bond motifs is 1. The molecule has 2 aliphatic carbocycles. The summed E-state index contributed by atoms with van der Waals surface area (Å²) >= 11 is 0. The van der Waals surface area contributed by atoms with E-state index >= 15 is 0 Å². The van der Waals surface area contributed by atoms with Crippen molar-refractivity contribution in [3.05, 3.63) is 12.2 Å². The van der Waals surface area contributed by atoms with Gasteiger partial charge in [0, 0.05) is 24.9 Å². The van der Waals surface area contributed by atoms with Crippen LogP contribution >= 0.6 is 0 Å². The Morgan fingerprint density at radius 3 is 2.45 bits per heavy atom. The molecule has 0 saturated heterocycles. The Labute approximate surface area is 206 Å². The molecular formula is C30H52O2Si. The average Bonchev–Trinajstić information content (AvgIpc) is 3.05. The summed E-state index contributed by atoms with van der Waals surface area (Å²) in [6.07, 6.45) is 17.4. The molecule has 0 bridgehead atoms. The number of carbonyl (C=O) groups excluding carboxylic acids is 1. The Morgan fingerprint density at radius 2 is 1.88 bits per heavy atom. The molecule has 0 spiro atoms. The van der Waals surface area contributed by atoms with E-state index in [1.807, 2.05) is 0 Å². The summed E-state index contributed by atoms with van der Waals surface area (Å²) in [5, 5.41) is 0.238. The number of ketones is 1. The van der Waals surface area contributed by atoms with Gasteiger partial charge in [-0.1, -0.05) is 60.6 Å². The molecule has 0 aromatic carbocycles. The van der Waals surface area contributed by atoms with Crippen LogP contribution in [0.4, 0.5) is 0 Å². The zero-order valence-corrected chi connectivity index (χ0v) is 24.2. The van der Waals surface area contributed by atoms with Crippen LogP contribution in [0.5, 0.6) is 0 Å². The summed E-state index contributed by atoms with van der Waals surface area (Å²) in [6.45, 7) is 21.6. The largest absolute Gasteiger partial charge is 0.417 e. The predicted molar refractivity (Wildman–Crippen MR) is 145 cm³/mol. The lowest BCUT2D eigenvalue weighted by Gasteiger charge is -2.45. The highest BCUT2D eigenvalue weighted by atomic mass is 28.4. The molecule has 0 amide bonds. The number of rotatable bonds is 10. The van der Waals surface area contributed by atoms with Crippen LogP contribution < -0.4 is 0 Å². The molecule has 0 aliphatic heterocycles. The molecule has 2 rings (SSSR count). The van der Waals surface area contributed by atoms with E-state index in [4.69, 9.17) is 10.8 Å². The van der Waals surface area contributed by atoms with Crippen LogP contribution in [0, 0.1) is 53.3 Å². The molecule has 33 heavy (non-hydrogen) atoms. The molecule has 2 aliphatic rings. The van der Waals surface area contributed by atoms with Gasteiger partial charge in [0.2, 0.25) is 0 Å². The minimum absolute atomic E-state index is 0.142. The highest BCUT2D eigenvalue weighted by Crippen LogP contribution is 2.58. The van der Waals surface area contributed by atoms with Crippen molar-refractivity contribution in [2.24, 2.45) is 40.9 Å². The first-order valence-electron chi connectivity index (χ1n) is 13.5. The maximum Gasteiger partial charge on any atom is 0.191 e. The van der Waals surface area contributed by atoms with Crippen LogP contribution in [-0.2, 0) is 9.22 Å². The van der Waals surface area contributed by atoms with Gasteiger partial charge in [0.05, 0.1) is 0 Å². The first-order chi connectivity index (χ1) is 15.2. The molecule has 0 radical (unpaired) electrons. The van der Waals surface area contributed by atoms with Crippen molar-refractivity contribution in [1.29, 1.82) is 0 Å². The average molecular weight is 473 g/mol. The number of carbonyl (C=O) groups is 1. The fraction of sp³-hybridized carbons (Fsp3) is 0.833. The van der Waals surface area contributed by atoms with Crippen molar-refractivity contribution < 1.29 is 9.22 Å². The lowest BCUT2D eigenvalue weighted by Crippen LogP contribution is -2.46. The van der Waals surface area contributed by atoms with Crippen LogP contribution in [0.1, 0.15) is 93.4 Å². The van der Waals surface area contributed by atoms with E-state index in [0.29, 0.717) is 29.5 Å². The van der Waals surface area contributed by atoms with Crippen molar-refractivity contribution in [2.75, 3.05) is 6.61 Å². The Bertz CT molecular complexity index is 723. The fourth-order valence-corrected chi connectivity index (χ4v) is 7.33. The van der Waals surface area contributed by atoms with Gasteiger partial charge < -0.3 is 4.43 Å². The van der Waals surface area contributed by atoms with E-state index in [9.17, 15) is 4.79 Å². The highest BCUT2D eigenvalue weighted by molar-refractivity contribution is 6.74. The second-order valence-electron chi connectivity index (χ2n) is 13.3. The Morgan fingerprint density at radius 1 is 1.21 bits per heavy atom. The molecule has 6 atom stereocenters. The zero-order valence-electron chi connectivity index (χ0n) is 23.2. The first-order valence-corrected chi connectivity index (χ1v) is 16.4. The Kier molecular flexibility index (Phi) is 9.68. The molecule has 0 N–H and O–H groups in total. The molecule has 0 heterocycles. The molecule has 3 heteroatoms. The van der Waals surface area contributed by atoms with Gasteiger partial charge in [0.15, 0.2) is 8.32 Å². The van der Waals surface area contributed by atoms with Gasteiger partial charge in [0.25, 0.3) is 0 Å². The van der Waals surface area contributed by atoms with Crippen molar-refractivity contribution >= 4 is 14.1 Å². The number of hydrogen-bond acceptors (Lipinski definition) is 2. The lowest BCUT2D eigenvalue weighted by molar-refractivity contribution is -0.136. The summed E-state index contributed by atoms with van der Waals surface area (Å²) in [4.78, 5) is 13.7. The fourth-order valence-electron chi connectivity index (χ4n) is 6.22. The summed E-state index contributed by atoms with van der Waals surface area (Å²) in [5.41, 5.74) is 0.142. The van der Waals surface area contributed by atoms with Gasteiger partial charge in [-0.3, -0.25) is 4.79 Å². The second kappa shape index (κ2) is 11.3. The summed E-state index contributed by atoms with van der Waals surface area (Å²) < 4.78 is 6.60. The number of Topliss-reactive ketones (excluding diaryl/α,β-unsaturated/α-hetero) is 1. The number of allylic oxidation sites excluding steroid dienone is 2. The normalized spacial score (nSPS) is 30.5. The maximum atomic E-state index is 13.7. The van der Waals surface area contributed by atoms with Crippen molar-refractivity contribution in [3.63, 3.8) is 0 Å². The molecule has 0 aromatic heterocycles. The van der Waals surface area contributed by atoms with Crippen LogP contribution in [0.25, 0.3) is 0 Å². The third-order valence-electron chi connectivity index (χ3n) is 9.40. The highest BCUT2D eigenvalue weighted by Gasteiger charge is 2.55. The molecule has 2 nitrogen and oxygen atoms in total. The smallest absolute Gasteiger partial charge is 0.191 e. The van der Waals surface area contributed by atoms with Crippen molar-refractivity contribution in [1.82, 2.24) is 0 Å². The van der Waals surface area contributed by atoms with Gasteiger partial charge in [-0.25, -0.2) is 0 Å². The minimum atomic E-state index is -1.74.